The Morgan fingerprint density at radius 1 is 1.05 bits per heavy atom. The molecule has 3 rings (SSSR count). The third-order valence-electron chi connectivity index (χ3n) is 3.32. The van der Waals surface area contributed by atoms with E-state index in [0.29, 0.717) is 5.02 Å². The van der Waals surface area contributed by atoms with Crippen LogP contribution in [0.2, 0.25) is 5.02 Å². The molecule has 20 heavy (non-hydrogen) atoms. The summed E-state index contributed by atoms with van der Waals surface area (Å²) in [6.45, 7) is 1.75. The zero-order valence-electron chi connectivity index (χ0n) is 11.0. The van der Waals surface area contributed by atoms with Gasteiger partial charge in [-0.3, -0.25) is 0 Å². The number of rotatable bonds is 2. The molecule has 0 aliphatic rings. The first-order valence-corrected chi connectivity index (χ1v) is 6.87. The van der Waals surface area contributed by atoms with Gasteiger partial charge in [0, 0.05) is 16.5 Å². The fourth-order valence-corrected chi connectivity index (χ4v) is 2.55. The smallest absolute Gasteiger partial charge is 0.0895 e. The summed E-state index contributed by atoms with van der Waals surface area (Å²) < 4.78 is 0. The van der Waals surface area contributed by atoms with Crippen molar-refractivity contribution < 1.29 is 5.11 Å². The van der Waals surface area contributed by atoms with E-state index in [9.17, 15) is 5.11 Å². The summed E-state index contributed by atoms with van der Waals surface area (Å²) in [5.41, 5.74) is 3.33. The molecule has 0 bridgehead atoms. The van der Waals surface area contributed by atoms with Gasteiger partial charge in [-0.2, -0.15) is 0 Å². The lowest BCUT2D eigenvalue weighted by atomic mass is 10.00. The maximum atomic E-state index is 10.0. The summed E-state index contributed by atoms with van der Waals surface area (Å²) >= 11 is 6.22. The number of aliphatic hydroxyl groups is 1. The van der Waals surface area contributed by atoms with Gasteiger partial charge < -0.3 is 5.11 Å². The van der Waals surface area contributed by atoms with Crippen molar-refractivity contribution in [2.75, 3.05) is 0 Å². The highest BCUT2D eigenvalue weighted by Crippen LogP contribution is 2.32. The fraction of sp³-hybridized carbons (Fsp3) is 0.118. The standard InChI is InChI=1S/C17H14ClNO/c1-11(20)14-10-13-8-5-9-15(18)17(13)19-16(14)12-6-3-2-4-7-12/h2-11,20H,1H3. The summed E-state index contributed by atoms with van der Waals surface area (Å²) in [7, 11) is 0. The molecule has 1 unspecified atom stereocenters. The molecule has 0 aliphatic heterocycles. The van der Waals surface area contributed by atoms with Gasteiger partial charge in [-0.05, 0) is 19.1 Å². The van der Waals surface area contributed by atoms with E-state index < -0.39 is 6.10 Å². The topological polar surface area (TPSA) is 33.1 Å². The zero-order chi connectivity index (χ0) is 14.1. The average Bonchev–Trinajstić information content (AvgIpc) is 2.47. The van der Waals surface area contributed by atoms with Gasteiger partial charge in [-0.15, -0.1) is 0 Å². The third-order valence-corrected chi connectivity index (χ3v) is 3.63. The van der Waals surface area contributed by atoms with E-state index in [0.717, 1.165) is 27.7 Å². The summed E-state index contributed by atoms with van der Waals surface area (Å²) in [5.74, 6) is 0. The predicted octanol–water partition coefficient (Wildman–Crippen LogP) is 4.61. The van der Waals surface area contributed by atoms with Crippen molar-refractivity contribution in [3.8, 4) is 11.3 Å². The molecule has 0 radical (unpaired) electrons. The minimum absolute atomic E-state index is 0.582. The number of benzene rings is 2. The highest BCUT2D eigenvalue weighted by molar-refractivity contribution is 6.35. The molecule has 0 fully saturated rings. The highest BCUT2D eigenvalue weighted by Gasteiger charge is 2.14. The molecule has 2 aromatic carbocycles. The Balaban J connectivity index is 2.34. The summed E-state index contributed by atoms with van der Waals surface area (Å²) in [5, 5.41) is 11.6. The van der Waals surface area contributed by atoms with Crippen molar-refractivity contribution in [1.29, 1.82) is 0 Å². The van der Waals surface area contributed by atoms with E-state index in [4.69, 9.17) is 11.6 Å². The third kappa shape index (κ3) is 2.28. The number of hydrogen-bond acceptors (Lipinski definition) is 2. The maximum Gasteiger partial charge on any atom is 0.0895 e. The number of aliphatic hydroxyl groups excluding tert-OH is 1. The maximum absolute atomic E-state index is 10.0. The van der Waals surface area contributed by atoms with Crippen molar-refractivity contribution in [3.63, 3.8) is 0 Å². The Kier molecular flexibility index (Phi) is 3.43. The van der Waals surface area contributed by atoms with Gasteiger partial charge in [-0.25, -0.2) is 4.98 Å². The molecule has 3 heteroatoms. The highest BCUT2D eigenvalue weighted by atomic mass is 35.5. The van der Waals surface area contributed by atoms with Crippen LogP contribution in [0.3, 0.4) is 0 Å². The van der Waals surface area contributed by atoms with Gasteiger partial charge in [0.05, 0.1) is 22.3 Å². The van der Waals surface area contributed by atoms with E-state index in [1.54, 1.807) is 6.92 Å². The molecule has 1 heterocycles. The first-order valence-electron chi connectivity index (χ1n) is 6.49. The number of para-hydroxylation sites is 1. The molecule has 2 nitrogen and oxygen atoms in total. The van der Waals surface area contributed by atoms with E-state index in [2.05, 4.69) is 4.98 Å². The second-order valence-corrected chi connectivity index (χ2v) is 5.19. The first-order chi connectivity index (χ1) is 9.66. The Labute approximate surface area is 122 Å². The first kappa shape index (κ1) is 13.1. The molecule has 0 amide bonds. The van der Waals surface area contributed by atoms with Crippen molar-refractivity contribution in [1.82, 2.24) is 4.98 Å². The Hall–Kier alpha value is -1.90. The minimum atomic E-state index is -0.582. The van der Waals surface area contributed by atoms with Crippen LogP contribution in [0.25, 0.3) is 22.2 Å². The van der Waals surface area contributed by atoms with Crippen LogP contribution in [0.4, 0.5) is 0 Å². The predicted molar refractivity (Wildman–Crippen MR) is 82.8 cm³/mol. The second-order valence-electron chi connectivity index (χ2n) is 4.78. The van der Waals surface area contributed by atoms with Gasteiger partial charge in [0.2, 0.25) is 0 Å². The van der Waals surface area contributed by atoms with Gasteiger partial charge in [0.1, 0.15) is 0 Å². The molecule has 0 saturated carbocycles. The van der Waals surface area contributed by atoms with Crippen LogP contribution >= 0.6 is 11.6 Å². The average molecular weight is 284 g/mol. The lowest BCUT2D eigenvalue weighted by Crippen LogP contribution is -1.99. The van der Waals surface area contributed by atoms with E-state index in [1.165, 1.54) is 0 Å². The van der Waals surface area contributed by atoms with Crippen LogP contribution in [-0.2, 0) is 0 Å². The Bertz CT molecular complexity index is 754. The number of nitrogens with zero attached hydrogens (tertiary/aromatic N) is 1. The number of aromatic nitrogens is 1. The zero-order valence-corrected chi connectivity index (χ0v) is 11.8. The fourth-order valence-electron chi connectivity index (χ4n) is 2.32. The molecule has 3 aromatic rings. The van der Waals surface area contributed by atoms with E-state index in [-0.39, 0.29) is 0 Å². The molecule has 1 N–H and O–H groups in total. The van der Waals surface area contributed by atoms with Crippen LogP contribution < -0.4 is 0 Å². The van der Waals surface area contributed by atoms with Gasteiger partial charge in [0.25, 0.3) is 0 Å². The van der Waals surface area contributed by atoms with Crippen LogP contribution in [-0.4, -0.2) is 10.1 Å². The van der Waals surface area contributed by atoms with E-state index in [1.807, 2.05) is 54.6 Å². The monoisotopic (exact) mass is 283 g/mol. The van der Waals surface area contributed by atoms with E-state index >= 15 is 0 Å². The number of fused-ring (bicyclic) bond motifs is 1. The lowest BCUT2D eigenvalue weighted by molar-refractivity contribution is 0.199. The van der Waals surface area contributed by atoms with Crippen LogP contribution in [0.15, 0.2) is 54.6 Å². The lowest BCUT2D eigenvalue weighted by Gasteiger charge is -2.13. The van der Waals surface area contributed by atoms with Crippen LogP contribution in [0, 0.1) is 0 Å². The largest absolute Gasteiger partial charge is 0.389 e. The van der Waals surface area contributed by atoms with Crippen molar-refractivity contribution >= 4 is 22.5 Å². The SMILES string of the molecule is CC(O)c1cc2cccc(Cl)c2nc1-c1ccccc1. The van der Waals surface area contributed by atoms with Crippen molar-refractivity contribution in [3.05, 3.63) is 65.2 Å². The van der Waals surface area contributed by atoms with Crippen LogP contribution in [0.1, 0.15) is 18.6 Å². The normalized spacial score (nSPS) is 12.6. The van der Waals surface area contributed by atoms with Gasteiger partial charge in [0.15, 0.2) is 0 Å². The molecular weight excluding hydrogens is 270 g/mol. The molecule has 100 valence electrons. The van der Waals surface area contributed by atoms with Crippen molar-refractivity contribution in [2.24, 2.45) is 0 Å². The van der Waals surface area contributed by atoms with Gasteiger partial charge >= 0.3 is 0 Å². The van der Waals surface area contributed by atoms with Gasteiger partial charge in [-0.1, -0.05) is 54.1 Å². The van der Waals surface area contributed by atoms with Crippen molar-refractivity contribution in [2.45, 2.75) is 13.0 Å². The van der Waals surface area contributed by atoms with Crippen LogP contribution in [0.5, 0.6) is 0 Å². The molecule has 1 atom stereocenters. The number of pyridine rings is 1. The summed E-state index contributed by atoms with van der Waals surface area (Å²) in [6.07, 6.45) is -0.582. The molecule has 0 saturated heterocycles. The molecule has 0 spiro atoms. The molecule has 1 aromatic heterocycles. The quantitative estimate of drug-likeness (QED) is 0.745. The molecule has 0 aliphatic carbocycles. The summed E-state index contributed by atoms with van der Waals surface area (Å²) in [6, 6.07) is 17.5. The number of hydrogen-bond donors (Lipinski definition) is 1. The molecular formula is C17H14ClNO. The Morgan fingerprint density at radius 3 is 2.50 bits per heavy atom. The minimum Gasteiger partial charge on any atom is -0.389 e. The summed E-state index contributed by atoms with van der Waals surface area (Å²) in [4.78, 5) is 4.67. The second kappa shape index (κ2) is 5.23. The Morgan fingerprint density at radius 2 is 1.80 bits per heavy atom. The number of halogens is 1.